The van der Waals surface area contributed by atoms with Crippen molar-refractivity contribution in [2.24, 2.45) is 5.92 Å². The number of pyridine rings is 1. The summed E-state index contributed by atoms with van der Waals surface area (Å²) in [4.78, 5) is 15.1. The third kappa shape index (κ3) is 4.27. The van der Waals surface area contributed by atoms with E-state index in [2.05, 4.69) is 26.2 Å². The Bertz CT molecular complexity index is 412. The maximum Gasteiger partial charge on any atom is 0.339 e. The van der Waals surface area contributed by atoms with Crippen LogP contribution in [0.4, 0.5) is 5.82 Å². The Hall–Kier alpha value is -1.14. The maximum atomic E-state index is 11.1. The fourth-order valence-corrected chi connectivity index (χ4v) is 1.95. The molecule has 5 nitrogen and oxygen atoms in total. The van der Waals surface area contributed by atoms with Crippen LogP contribution >= 0.6 is 15.9 Å². The highest BCUT2D eigenvalue weighted by Gasteiger charge is 2.13. The molecule has 18 heavy (non-hydrogen) atoms. The number of aliphatic hydroxyl groups excluding tert-OH is 1. The number of carboxylic acids is 1. The minimum absolute atomic E-state index is 0.139. The molecule has 0 spiro atoms. The molecule has 0 amide bonds. The number of halogens is 1. The van der Waals surface area contributed by atoms with Gasteiger partial charge >= 0.3 is 5.97 Å². The fraction of sp³-hybridized carbons (Fsp3) is 0.500. The van der Waals surface area contributed by atoms with E-state index in [9.17, 15) is 4.79 Å². The lowest BCUT2D eigenvalue weighted by Crippen LogP contribution is -2.17. The number of aliphatic hydroxyl groups is 1. The summed E-state index contributed by atoms with van der Waals surface area (Å²) in [5, 5.41) is 21.0. The number of carbonyl (C=O) groups is 1. The Labute approximate surface area is 114 Å². The lowest BCUT2D eigenvalue weighted by atomic mass is 10.0. The molecule has 1 rings (SSSR count). The molecule has 3 N–H and O–H groups in total. The van der Waals surface area contributed by atoms with E-state index in [4.69, 9.17) is 10.2 Å². The standard InChI is InChI=1S/C12H17BrN2O3/c1-2-8(3-4-16)6-14-11-10(12(17)18)5-9(13)7-15-11/h5,7-8,16H,2-4,6H2,1H3,(H,14,15)(H,17,18). The normalized spacial score (nSPS) is 12.2. The number of anilines is 1. The maximum absolute atomic E-state index is 11.1. The molecular formula is C12H17BrN2O3. The van der Waals surface area contributed by atoms with Gasteiger partial charge in [0, 0.05) is 23.8 Å². The van der Waals surface area contributed by atoms with Crippen molar-refractivity contribution in [3.05, 3.63) is 22.3 Å². The number of nitrogens with zero attached hydrogens (tertiary/aromatic N) is 1. The summed E-state index contributed by atoms with van der Waals surface area (Å²) in [5.41, 5.74) is 0.142. The highest BCUT2D eigenvalue weighted by Crippen LogP contribution is 2.19. The third-order valence-corrected chi connectivity index (χ3v) is 3.19. The van der Waals surface area contributed by atoms with E-state index in [0.29, 0.717) is 29.2 Å². The van der Waals surface area contributed by atoms with E-state index < -0.39 is 5.97 Å². The number of carboxylic acid groups (broad SMARTS) is 1. The zero-order valence-corrected chi connectivity index (χ0v) is 11.8. The molecule has 0 saturated carbocycles. The Balaban J connectivity index is 2.74. The molecule has 0 aliphatic rings. The van der Waals surface area contributed by atoms with E-state index in [0.717, 1.165) is 6.42 Å². The summed E-state index contributed by atoms with van der Waals surface area (Å²) >= 11 is 3.20. The summed E-state index contributed by atoms with van der Waals surface area (Å²) in [6.07, 6.45) is 3.18. The second-order valence-corrected chi connectivity index (χ2v) is 4.94. The van der Waals surface area contributed by atoms with Crippen molar-refractivity contribution in [2.75, 3.05) is 18.5 Å². The Kier molecular flexibility index (Phi) is 6.07. The predicted octanol–water partition coefficient (Wildman–Crippen LogP) is 2.36. The predicted molar refractivity (Wildman–Crippen MR) is 72.9 cm³/mol. The van der Waals surface area contributed by atoms with Crippen LogP contribution in [0.5, 0.6) is 0 Å². The van der Waals surface area contributed by atoms with Gasteiger partial charge in [0.05, 0.1) is 0 Å². The van der Waals surface area contributed by atoms with Gasteiger partial charge < -0.3 is 15.5 Å². The number of rotatable bonds is 7. The zero-order valence-electron chi connectivity index (χ0n) is 10.2. The molecule has 1 unspecified atom stereocenters. The average molecular weight is 317 g/mol. The highest BCUT2D eigenvalue weighted by atomic mass is 79.9. The van der Waals surface area contributed by atoms with E-state index in [1.165, 1.54) is 6.07 Å². The van der Waals surface area contributed by atoms with Crippen LogP contribution in [0.25, 0.3) is 0 Å². The molecule has 6 heteroatoms. The smallest absolute Gasteiger partial charge is 0.339 e. The minimum Gasteiger partial charge on any atom is -0.478 e. The van der Waals surface area contributed by atoms with Crippen LogP contribution in [0, 0.1) is 5.92 Å². The number of aromatic nitrogens is 1. The number of hydrogen-bond acceptors (Lipinski definition) is 4. The summed E-state index contributed by atoms with van der Waals surface area (Å²) in [7, 11) is 0. The van der Waals surface area contributed by atoms with Crippen LogP contribution in [0.1, 0.15) is 30.1 Å². The van der Waals surface area contributed by atoms with Gasteiger partial charge in [-0.15, -0.1) is 0 Å². The molecule has 0 saturated heterocycles. The van der Waals surface area contributed by atoms with E-state index >= 15 is 0 Å². The van der Waals surface area contributed by atoms with E-state index in [1.54, 1.807) is 6.20 Å². The molecule has 1 aromatic heterocycles. The van der Waals surface area contributed by atoms with Crippen LogP contribution in [0.3, 0.4) is 0 Å². The van der Waals surface area contributed by atoms with Crippen LogP contribution < -0.4 is 5.32 Å². The first-order chi connectivity index (χ1) is 8.58. The van der Waals surface area contributed by atoms with Gasteiger partial charge in [-0.3, -0.25) is 0 Å². The molecule has 0 radical (unpaired) electrons. The van der Waals surface area contributed by atoms with Crippen molar-refractivity contribution >= 4 is 27.7 Å². The first-order valence-corrected chi connectivity index (χ1v) is 6.61. The molecule has 1 atom stereocenters. The van der Waals surface area contributed by atoms with Gasteiger partial charge in [-0.05, 0) is 34.3 Å². The highest BCUT2D eigenvalue weighted by molar-refractivity contribution is 9.10. The fourth-order valence-electron chi connectivity index (χ4n) is 1.62. The third-order valence-electron chi connectivity index (χ3n) is 2.76. The van der Waals surface area contributed by atoms with Crippen molar-refractivity contribution in [1.29, 1.82) is 0 Å². The summed E-state index contributed by atoms with van der Waals surface area (Å²) in [6, 6.07) is 1.52. The Morgan fingerprint density at radius 2 is 2.33 bits per heavy atom. The molecule has 0 aromatic carbocycles. The summed E-state index contributed by atoms with van der Waals surface area (Å²) in [6.45, 7) is 2.78. The number of aromatic carboxylic acids is 1. The van der Waals surface area contributed by atoms with Crippen LogP contribution in [-0.2, 0) is 0 Å². The van der Waals surface area contributed by atoms with E-state index in [1.807, 2.05) is 6.92 Å². The molecule has 0 aliphatic carbocycles. The van der Waals surface area contributed by atoms with E-state index in [-0.39, 0.29) is 12.2 Å². The van der Waals surface area contributed by atoms with Crippen molar-refractivity contribution in [1.82, 2.24) is 4.98 Å². The van der Waals surface area contributed by atoms with Crippen LogP contribution in [0.15, 0.2) is 16.7 Å². The largest absolute Gasteiger partial charge is 0.478 e. The second-order valence-electron chi connectivity index (χ2n) is 4.02. The summed E-state index contributed by atoms with van der Waals surface area (Å²) < 4.78 is 0.632. The van der Waals surface area contributed by atoms with Gasteiger partial charge in [0.1, 0.15) is 11.4 Å². The summed E-state index contributed by atoms with van der Waals surface area (Å²) in [5.74, 6) is -0.342. The first-order valence-electron chi connectivity index (χ1n) is 5.82. The van der Waals surface area contributed by atoms with Gasteiger partial charge in [-0.2, -0.15) is 0 Å². The zero-order chi connectivity index (χ0) is 13.5. The van der Waals surface area contributed by atoms with Gasteiger partial charge in [0.2, 0.25) is 0 Å². The number of hydrogen-bond donors (Lipinski definition) is 3. The molecule has 1 heterocycles. The topological polar surface area (TPSA) is 82.5 Å². The first kappa shape index (κ1) is 14.9. The van der Waals surface area contributed by atoms with Gasteiger partial charge in [-0.1, -0.05) is 13.3 Å². The molecule has 100 valence electrons. The monoisotopic (exact) mass is 316 g/mol. The van der Waals surface area contributed by atoms with Crippen LogP contribution in [0.2, 0.25) is 0 Å². The quantitative estimate of drug-likeness (QED) is 0.719. The molecule has 1 aromatic rings. The lowest BCUT2D eigenvalue weighted by molar-refractivity contribution is 0.0697. The van der Waals surface area contributed by atoms with Gasteiger partial charge in [0.25, 0.3) is 0 Å². The van der Waals surface area contributed by atoms with Crippen LogP contribution in [-0.4, -0.2) is 34.3 Å². The Morgan fingerprint density at radius 1 is 1.61 bits per heavy atom. The second kappa shape index (κ2) is 7.33. The van der Waals surface area contributed by atoms with Gasteiger partial charge in [-0.25, -0.2) is 9.78 Å². The molecule has 0 bridgehead atoms. The van der Waals surface area contributed by atoms with Crippen molar-refractivity contribution in [3.63, 3.8) is 0 Å². The number of nitrogens with one attached hydrogen (secondary N) is 1. The SMILES string of the molecule is CCC(CCO)CNc1ncc(Br)cc1C(=O)O. The Morgan fingerprint density at radius 3 is 2.89 bits per heavy atom. The lowest BCUT2D eigenvalue weighted by Gasteiger charge is -2.15. The molecule has 0 fully saturated rings. The average Bonchev–Trinajstić information content (AvgIpc) is 2.35. The van der Waals surface area contributed by atoms with Crippen molar-refractivity contribution in [3.8, 4) is 0 Å². The molecular weight excluding hydrogens is 300 g/mol. The minimum atomic E-state index is -1.01. The van der Waals surface area contributed by atoms with Crippen molar-refractivity contribution in [2.45, 2.75) is 19.8 Å². The van der Waals surface area contributed by atoms with Crippen molar-refractivity contribution < 1.29 is 15.0 Å². The molecule has 0 aliphatic heterocycles. The van der Waals surface area contributed by atoms with Gasteiger partial charge in [0.15, 0.2) is 0 Å².